The second-order valence-corrected chi connectivity index (χ2v) is 7.73. The molecule has 1 N–H and O–H groups in total. The molecular weight excluding hydrogens is 398 g/mol. The molecule has 2 aromatic heterocycles. The van der Waals surface area contributed by atoms with Gasteiger partial charge < -0.3 is 19.4 Å². The summed E-state index contributed by atoms with van der Waals surface area (Å²) in [6, 6.07) is 7.27. The maximum absolute atomic E-state index is 13.2. The molecule has 0 saturated carbocycles. The van der Waals surface area contributed by atoms with E-state index in [0.717, 1.165) is 42.8 Å². The van der Waals surface area contributed by atoms with Crippen molar-refractivity contribution in [1.82, 2.24) is 35.0 Å². The monoisotopic (exact) mass is 427 g/mol. The van der Waals surface area contributed by atoms with Crippen molar-refractivity contribution < 1.29 is 9.47 Å². The van der Waals surface area contributed by atoms with Crippen LogP contribution in [0.4, 0.5) is 0 Å². The lowest BCUT2D eigenvalue weighted by atomic mass is 10.0. The number of rotatable bonds is 8. The van der Waals surface area contributed by atoms with Crippen LogP contribution in [0.5, 0.6) is 5.75 Å². The SMILES string of the molecule is CCOc1ccc2[nH]c(=O)c([C@@H](c3nnnn3CCOC)N3CCN(C)CC3)cc2c1. The first-order chi connectivity index (χ1) is 15.1. The summed E-state index contributed by atoms with van der Waals surface area (Å²) < 4.78 is 12.6. The Bertz CT molecular complexity index is 1070. The largest absolute Gasteiger partial charge is 0.494 e. The van der Waals surface area contributed by atoms with E-state index in [0.29, 0.717) is 31.1 Å². The van der Waals surface area contributed by atoms with Gasteiger partial charge in [-0.1, -0.05) is 0 Å². The number of H-pyrrole nitrogens is 1. The topological polar surface area (TPSA) is 101 Å². The molecule has 0 spiro atoms. The first-order valence-electron chi connectivity index (χ1n) is 10.6. The van der Waals surface area contributed by atoms with E-state index in [-0.39, 0.29) is 11.6 Å². The molecule has 0 bridgehead atoms. The summed E-state index contributed by atoms with van der Waals surface area (Å²) in [6.07, 6.45) is 0. The Morgan fingerprint density at radius 1 is 1.19 bits per heavy atom. The molecule has 1 fully saturated rings. The van der Waals surface area contributed by atoms with Gasteiger partial charge in [0.15, 0.2) is 5.82 Å². The number of nitrogens with zero attached hydrogens (tertiary/aromatic N) is 6. The van der Waals surface area contributed by atoms with Gasteiger partial charge in [0.25, 0.3) is 5.56 Å². The smallest absolute Gasteiger partial charge is 0.253 e. The van der Waals surface area contributed by atoms with Gasteiger partial charge in [-0.25, -0.2) is 4.68 Å². The predicted molar refractivity (Wildman–Crippen MR) is 116 cm³/mol. The van der Waals surface area contributed by atoms with Gasteiger partial charge >= 0.3 is 0 Å². The lowest BCUT2D eigenvalue weighted by molar-refractivity contribution is 0.119. The van der Waals surface area contributed by atoms with E-state index in [1.54, 1.807) is 11.8 Å². The summed E-state index contributed by atoms with van der Waals surface area (Å²) in [4.78, 5) is 20.8. The zero-order valence-electron chi connectivity index (χ0n) is 18.2. The van der Waals surface area contributed by atoms with E-state index in [9.17, 15) is 4.79 Å². The molecule has 4 rings (SSSR count). The minimum absolute atomic E-state index is 0.137. The average Bonchev–Trinajstić information content (AvgIpc) is 3.22. The zero-order chi connectivity index (χ0) is 21.8. The van der Waals surface area contributed by atoms with Crippen LogP contribution in [0.1, 0.15) is 24.4 Å². The van der Waals surface area contributed by atoms with Crippen molar-refractivity contribution in [2.45, 2.75) is 19.5 Å². The average molecular weight is 428 g/mol. The molecule has 1 atom stereocenters. The van der Waals surface area contributed by atoms with Crippen LogP contribution in [-0.2, 0) is 11.3 Å². The van der Waals surface area contributed by atoms with Crippen LogP contribution in [-0.4, -0.2) is 88.5 Å². The third-order valence-electron chi connectivity index (χ3n) is 5.66. The number of pyridine rings is 1. The number of tetrazole rings is 1. The first kappa shape index (κ1) is 21.4. The van der Waals surface area contributed by atoms with Crippen molar-refractivity contribution in [1.29, 1.82) is 0 Å². The van der Waals surface area contributed by atoms with Crippen molar-refractivity contribution in [3.8, 4) is 5.75 Å². The minimum Gasteiger partial charge on any atom is -0.494 e. The quantitative estimate of drug-likeness (QED) is 0.566. The summed E-state index contributed by atoms with van der Waals surface area (Å²) >= 11 is 0. The molecule has 10 nitrogen and oxygen atoms in total. The Hall–Kier alpha value is -2.82. The Morgan fingerprint density at radius 3 is 2.74 bits per heavy atom. The lowest BCUT2D eigenvalue weighted by Gasteiger charge is -2.37. The number of benzene rings is 1. The molecule has 1 aromatic carbocycles. The summed E-state index contributed by atoms with van der Waals surface area (Å²) in [5, 5.41) is 13.3. The van der Waals surface area contributed by atoms with Crippen LogP contribution in [0, 0.1) is 0 Å². The van der Waals surface area contributed by atoms with E-state index in [2.05, 4.69) is 37.4 Å². The lowest BCUT2D eigenvalue weighted by Crippen LogP contribution is -2.47. The number of aromatic nitrogens is 5. The highest BCUT2D eigenvalue weighted by molar-refractivity contribution is 5.80. The van der Waals surface area contributed by atoms with Gasteiger partial charge in [0.2, 0.25) is 0 Å². The second kappa shape index (κ2) is 9.54. The fourth-order valence-electron chi connectivity index (χ4n) is 3.98. The highest BCUT2D eigenvalue weighted by atomic mass is 16.5. The molecule has 166 valence electrons. The Morgan fingerprint density at radius 2 is 2.00 bits per heavy atom. The highest BCUT2D eigenvalue weighted by Gasteiger charge is 2.32. The van der Waals surface area contributed by atoms with Gasteiger partial charge in [0, 0.05) is 49.8 Å². The maximum Gasteiger partial charge on any atom is 0.253 e. The van der Waals surface area contributed by atoms with Gasteiger partial charge in [-0.2, -0.15) is 0 Å². The van der Waals surface area contributed by atoms with Crippen LogP contribution in [0.25, 0.3) is 10.9 Å². The van der Waals surface area contributed by atoms with Gasteiger partial charge in [-0.3, -0.25) is 9.69 Å². The van der Waals surface area contributed by atoms with Crippen LogP contribution in [0.15, 0.2) is 29.1 Å². The molecule has 31 heavy (non-hydrogen) atoms. The fraction of sp³-hybridized carbons (Fsp3) is 0.524. The normalized spacial score (nSPS) is 16.6. The van der Waals surface area contributed by atoms with Crippen molar-refractivity contribution in [2.24, 2.45) is 0 Å². The van der Waals surface area contributed by atoms with Crippen LogP contribution >= 0.6 is 0 Å². The third kappa shape index (κ3) is 4.60. The van der Waals surface area contributed by atoms with E-state index < -0.39 is 0 Å². The summed E-state index contributed by atoms with van der Waals surface area (Å²) in [5.74, 6) is 1.42. The Balaban J connectivity index is 1.81. The summed E-state index contributed by atoms with van der Waals surface area (Å²) in [6.45, 7) is 6.99. The van der Waals surface area contributed by atoms with Crippen LogP contribution < -0.4 is 10.3 Å². The molecule has 0 unspecified atom stereocenters. The molecule has 3 aromatic rings. The third-order valence-corrected chi connectivity index (χ3v) is 5.66. The predicted octanol–water partition coefficient (Wildman–Crippen LogP) is 0.897. The molecule has 3 heterocycles. The van der Waals surface area contributed by atoms with Crippen molar-refractivity contribution in [2.75, 3.05) is 53.6 Å². The van der Waals surface area contributed by atoms with Gasteiger partial charge in [-0.15, -0.1) is 5.10 Å². The Kier molecular flexibility index (Phi) is 6.59. The number of fused-ring (bicyclic) bond motifs is 1. The number of hydrogen-bond acceptors (Lipinski definition) is 8. The van der Waals surface area contributed by atoms with Crippen LogP contribution in [0.2, 0.25) is 0 Å². The molecule has 0 aliphatic carbocycles. The zero-order valence-corrected chi connectivity index (χ0v) is 18.2. The molecule has 1 aliphatic heterocycles. The fourth-order valence-corrected chi connectivity index (χ4v) is 3.98. The highest BCUT2D eigenvalue weighted by Crippen LogP contribution is 2.28. The first-order valence-corrected chi connectivity index (χ1v) is 10.6. The number of piperazine rings is 1. The molecule has 0 amide bonds. The van der Waals surface area contributed by atoms with Gasteiger partial charge in [0.05, 0.1) is 19.8 Å². The number of likely N-dealkylation sites (N-methyl/N-ethyl adjacent to an activating group) is 1. The summed E-state index contributed by atoms with van der Waals surface area (Å²) in [7, 11) is 3.75. The number of methoxy groups -OCH3 is 1. The minimum atomic E-state index is -0.357. The molecule has 1 aliphatic rings. The van der Waals surface area contributed by atoms with Crippen molar-refractivity contribution in [3.05, 3.63) is 46.0 Å². The van der Waals surface area contributed by atoms with Crippen molar-refractivity contribution in [3.63, 3.8) is 0 Å². The standard InChI is InChI=1S/C21H29N7O3/c1-4-31-16-5-6-18-15(13-16)14-17(21(29)22-18)19(27-9-7-26(2)8-10-27)20-23-24-25-28(20)11-12-30-3/h5-6,13-14,19H,4,7-12H2,1-3H3,(H,22,29)/t19-/m0/s1. The van der Waals surface area contributed by atoms with E-state index in [4.69, 9.17) is 9.47 Å². The van der Waals surface area contributed by atoms with E-state index in [1.807, 2.05) is 31.2 Å². The number of nitrogens with one attached hydrogen (secondary N) is 1. The van der Waals surface area contributed by atoms with Crippen molar-refractivity contribution >= 4 is 10.9 Å². The van der Waals surface area contributed by atoms with Gasteiger partial charge in [0.1, 0.15) is 11.8 Å². The number of aromatic amines is 1. The molecule has 10 heteroatoms. The van der Waals surface area contributed by atoms with E-state index >= 15 is 0 Å². The summed E-state index contributed by atoms with van der Waals surface area (Å²) in [5.41, 5.74) is 1.26. The molecule has 0 radical (unpaired) electrons. The van der Waals surface area contributed by atoms with Gasteiger partial charge in [-0.05, 0) is 48.7 Å². The maximum atomic E-state index is 13.2. The Labute approximate surface area is 180 Å². The van der Waals surface area contributed by atoms with E-state index in [1.165, 1.54) is 0 Å². The second-order valence-electron chi connectivity index (χ2n) is 7.73. The van der Waals surface area contributed by atoms with Crippen LogP contribution in [0.3, 0.4) is 0 Å². The molecule has 1 saturated heterocycles. The molecular formula is C21H29N7O3. The number of ether oxygens (including phenoxy) is 2. The number of hydrogen-bond donors (Lipinski definition) is 1.